The minimum absolute atomic E-state index is 0.0764. The highest BCUT2D eigenvalue weighted by molar-refractivity contribution is 4.74. The molecule has 1 saturated heterocycles. The maximum atomic E-state index is 12.1. The molecule has 0 spiro atoms. The standard InChI is InChI=1S/C5H9F2N/c6-4-1-5(7)3-8-2-4/h4-5,8H,1-3H2. The van der Waals surface area contributed by atoms with E-state index in [1.54, 1.807) is 0 Å². The lowest BCUT2D eigenvalue weighted by Crippen LogP contribution is -2.38. The van der Waals surface area contributed by atoms with Crippen LogP contribution < -0.4 is 5.32 Å². The Morgan fingerprint density at radius 3 is 1.88 bits per heavy atom. The summed E-state index contributed by atoms with van der Waals surface area (Å²) in [6.45, 7) is 0.640. The Balaban J connectivity index is 2.23. The summed E-state index contributed by atoms with van der Waals surface area (Å²) in [6, 6.07) is 0. The second-order valence-electron chi connectivity index (χ2n) is 2.09. The average Bonchev–Trinajstić information content (AvgIpc) is 1.64. The van der Waals surface area contributed by atoms with Crippen molar-refractivity contribution in [2.75, 3.05) is 13.1 Å². The first-order valence-electron chi connectivity index (χ1n) is 2.78. The van der Waals surface area contributed by atoms with Gasteiger partial charge in [-0.3, -0.25) is 0 Å². The summed E-state index contributed by atoms with van der Waals surface area (Å²) in [5.41, 5.74) is 0. The fourth-order valence-corrected chi connectivity index (χ4v) is 0.841. The molecular weight excluding hydrogens is 112 g/mol. The van der Waals surface area contributed by atoms with Crippen LogP contribution in [0.15, 0.2) is 0 Å². The molecule has 0 aromatic heterocycles. The van der Waals surface area contributed by atoms with Crippen LogP contribution in [0.2, 0.25) is 0 Å². The molecule has 0 aromatic rings. The zero-order valence-electron chi connectivity index (χ0n) is 4.53. The molecule has 2 unspecified atom stereocenters. The Labute approximate surface area is 47.1 Å². The maximum Gasteiger partial charge on any atom is 0.115 e. The summed E-state index contributed by atoms with van der Waals surface area (Å²) in [5, 5.41) is 2.63. The molecule has 8 heavy (non-hydrogen) atoms. The number of rotatable bonds is 0. The third-order valence-corrected chi connectivity index (χ3v) is 1.24. The van der Waals surface area contributed by atoms with Gasteiger partial charge in [0.05, 0.1) is 0 Å². The largest absolute Gasteiger partial charge is 0.311 e. The molecule has 1 N–H and O–H groups in total. The quantitative estimate of drug-likeness (QED) is 0.496. The number of alkyl halides is 2. The Bertz CT molecular complexity index is 68.8. The number of piperidine rings is 1. The second-order valence-corrected chi connectivity index (χ2v) is 2.09. The van der Waals surface area contributed by atoms with Crippen LogP contribution in [-0.4, -0.2) is 25.4 Å². The van der Waals surface area contributed by atoms with Crippen LogP contribution >= 0.6 is 0 Å². The lowest BCUT2D eigenvalue weighted by Gasteiger charge is -2.18. The van der Waals surface area contributed by atoms with Crippen molar-refractivity contribution in [1.82, 2.24) is 5.32 Å². The van der Waals surface area contributed by atoms with Crippen molar-refractivity contribution in [1.29, 1.82) is 0 Å². The van der Waals surface area contributed by atoms with Crippen molar-refractivity contribution < 1.29 is 8.78 Å². The molecule has 3 heteroatoms. The van der Waals surface area contributed by atoms with Gasteiger partial charge in [0.2, 0.25) is 0 Å². The first-order valence-corrected chi connectivity index (χ1v) is 2.78. The zero-order chi connectivity index (χ0) is 5.98. The summed E-state index contributed by atoms with van der Waals surface area (Å²) in [6.07, 6.45) is -1.87. The Morgan fingerprint density at radius 1 is 1.12 bits per heavy atom. The smallest absolute Gasteiger partial charge is 0.115 e. The molecule has 2 atom stereocenters. The van der Waals surface area contributed by atoms with Crippen LogP contribution in [0.3, 0.4) is 0 Å². The van der Waals surface area contributed by atoms with Crippen LogP contribution in [0, 0.1) is 0 Å². The van der Waals surface area contributed by atoms with E-state index in [-0.39, 0.29) is 6.42 Å². The van der Waals surface area contributed by atoms with E-state index in [2.05, 4.69) is 5.32 Å². The summed E-state index contributed by atoms with van der Waals surface area (Å²) in [4.78, 5) is 0. The molecule has 1 rings (SSSR count). The zero-order valence-corrected chi connectivity index (χ0v) is 4.53. The van der Waals surface area contributed by atoms with E-state index in [0.29, 0.717) is 13.1 Å². The lowest BCUT2D eigenvalue weighted by molar-refractivity contribution is 0.173. The average molecular weight is 121 g/mol. The van der Waals surface area contributed by atoms with Gasteiger partial charge in [-0.2, -0.15) is 0 Å². The molecule has 0 saturated carbocycles. The molecule has 0 radical (unpaired) electrons. The van der Waals surface area contributed by atoms with Crippen molar-refractivity contribution in [2.45, 2.75) is 18.8 Å². The van der Waals surface area contributed by atoms with E-state index in [0.717, 1.165) is 0 Å². The lowest BCUT2D eigenvalue weighted by atomic mass is 10.1. The van der Waals surface area contributed by atoms with Gasteiger partial charge in [-0.1, -0.05) is 0 Å². The predicted molar refractivity (Wildman–Crippen MR) is 27.3 cm³/mol. The third kappa shape index (κ3) is 1.40. The van der Waals surface area contributed by atoms with Crippen molar-refractivity contribution in [2.24, 2.45) is 0 Å². The number of nitrogens with one attached hydrogen (secondary N) is 1. The highest BCUT2D eigenvalue weighted by Gasteiger charge is 2.19. The van der Waals surface area contributed by atoms with E-state index in [1.807, 2.05) is 0 Å². The Kier molecular flexibility index (Phi) is 1.78. The highest BCUT2D eigenvalue weighted by Crippen LogP contribution is 2.08. The van der Waals surface area contributed by atoms with E-state index >= 15 is 0 Å². The van der Waals surface area contributed by atoms with Crippen LogP contribution in [0.1, 0.15) is 6.42 Å². The molecule has 48 valence electrons. The van der Waals surface area contributed by atoms with Gasteiger partial charge in [0.1, 0.15) is 12.3 Å². The minimum atomic E-state index is -0.973. The number of hydrogen-bond acceptors (Lipinski definition) is 1. The Hall–Kier alpha value is -0.180. The van der Waals surface area contributed by atoms with Crippen molar-refractivity contribution in [3.8, 4) is 0 Å². The Morgan fingerprint density at radius 2 is 1.62 bits per heavy atom. The van der Waals surface area contributed by atoms with Gasteiger partial charge >= 0.3 is 0 Å². The summed E-state index contributed by atoms with van der Waals surface area (Å²) < 4.78 is 24.3. The first kappa shape index (κ1) is 5.95. The van der Waals surface area contributed by atoms with Gasteiger partial charge in [0.15, 0.2) is 0 Å². The predicted octanol–water partition coefficient (Wildman–Crippen LogP) is 0.656. The maximum absolute atomic E-state index is 12.1. The van der Waals surface area contributed by atoms with Crippen molar-refractivity contribution in [3.05, 3.63) is 0 Å². The molecule has 0 amide bonds. The summed E-state index contributed by atoms with van der Waals surface area (Å²) in [5.74, 6) is 0. The van der Waals surface area contributed by atoms with Gasteiger partial charge < -0.3 is 5.32 Å². The third-order valence-electron chi connectivity index (χ3n) is 1.24. The van der Waals surface area contributed by atoms with Gasteiger partial charge in [-0.25, -0.2) is 8.78 Å². The fraction of sp³-hybridized carbons (Fsp3) is 1.00. The molecule has 0 bridgehead atoms. The molecule has 1 aliphatic heterocycles. The van der Waals surface area contributed by atoms with Gasteiger partial charge in [-0.15, -0.1) is 0 Å². The van der Waals surface area contributed by atoms with E-state index in [4.69, 9.17) is 0 Å². The van der Waals surface area contributed by atoms with Crippen LogP contribution in [0.4, 0.5) is 8.78 Å². The van der Waals surface area contributed by atoms with Gasteiger partial charge in [0, 0.05) is 19.5 Å². The van der Waals surface area contributed by atoms with Crippen molar-refractivity contribution >= 4 is 0 Å². The second kappa shape index (κ2) is 2.40. The molecule has 0 aromatic carbocycles. The number of halogens is 2. The summed E-state index contributed by atoms with van der Waals surface area (Å²) >= 11 is 0. The van der Waals surface area contributed by atoms with Gasteiger partial charge in [-0.05, 0) is 0 Å². The topological polar surface area (TPSA) is 12.0 Å². The van der Waals surface area contributed by atoms with E-state index in [1.165, 1.54) is 0 Å². The molecule has 1 fully saturated rings. The molecule has 0 aliphatic carbocycles. The van der Waals surface area contributed by atoms with Crippen molar-refractivity contribution in [3.63, 3.8) is 0 Å². The molecule has 1 aliphatic rings. The monoisotopic (exact) mass is 121 g/mol. The summed E-state index contributed by atoms with van der Waals surface area (Å²) in [7, 11) is 0. The highest BCUT2D eigenvalue weighted by atomic mass is 19.1. The molecular formula is C5H9F2N. The van der Waals surface area contributed by atoms with Gasteiger partial charge in [0.25, 0.3) is 0 Å². The van der Waals surface area contributed by atoms with E-state index < -0.39 is 12.3 Å². The first-order chi connectivity index (χ1) is 3.79. The number of hydrogen-bond donors (Lipinski definition) is 1. The SMILES string of the molecule is FC1CNCC(F)C1. The molecule has 1 heterocycles. The molecule has 1 nitrogen and oxygen atoms in total. The minimum Gasteiger partial charge on any atom is -0.311 e. The fourth-order valence-electron chi connectivity index (χ4n) is 0.841. The normalized spacial score (nSPS) is 39.8. The van der Waals surface area contributed by atoms with Crippen LogP contribution in [0.25, 0.3) is 0 Å². The van der Waals surface area contributed by atoms with E-state index in [9.17, 15) is 8.78 Å². The van der Waals surface area contributed by atoms with Crippen LogP contribution in [-0.2, 0) is 0 Å². The van der Waals surface area contributed by atoms with Crippen LogP contribution in [0.5, 0.6) is 0 Å².